The molecule has 3 N–H and O–H groups in total. The molecule has 0 amide bonds. The van der Waals surface area contributed by atoms with Crippen molar-refractivity contribution in [2.45, 2.75) is 103 Å². The van der Waals surface area contributed by atoms with E-state index in [-0.39, 0.29) is 0 Å². The molecule has 0 saturated heterocycles. The Hall–Kier alpha value is -0.760. The number of hydrogen-bond donors (Lipinski definition) is 2. The highest BCUT2D eigenvalue weighted by Gasteiger charge is 2.18. The highest BCUT2D eigenvalue weighted by atomic mass is 15.2. The fourth-order valence-electron chi connectivity index (χ4n) is 4.12. The molecule has 0 atom stereocenters. The van der Waals surface area contributed by atoms with E-state index in [9.17, 15) is 0 Å². The lowest BCUT2D eigenvalue weighted by Gasteiger charge is -2.25. The van der Waals surface area contributed by atoms with Crippen LogP contribution in [0, 0.1) is 0 Å². The summed E-state index contributed by atoms with van der Waals surface area (Å²) < 4.78 is 0. The standard InChI is InChI=1S/C20H36N2/c1-2-3-4-11-16-19(17-12-7-5-8-13-17)20(22-21)18-14-9-6-10-15-18/h22H,2-16,21H2,1H3. The molecule has 0 aromatic rings. The van der Waals surface area contributed by atoms with E-state index in [1.54, 1.807) is 16.7 Å². The van der Waals surface area contributed by atoms with Gasteiger partial charge in [0.1, 0.15) is 0 Å². The van der Waals surface area contributed by atoms with E-state index in [0.717, 1.165) is 0 Å². The van der Waals surface area contributed by atoms with Crippen LogP contribution < -0.4 is 11.3 Å². The monoisotopic (exact) mass is 304 g/mol. The van der Waals surface area contributed by atoms with Crippen LogP contribution in [0.2, 0.25) is 0 Å². The van der Waals surface area contributed by atoms with Gasteiger partial charge in [-0.15, -0.1) is 0 Å². The summed E-state index contributed by atoms with van der Waals surface area (Å²) in [4.78, 5) is 0. The van der Waals surface area contributed by atoms with Crippen LogP contribution >= 0.6 is 0 Å². The van der Waals surface area contributed by atoms with Gasteiger partial charge in [-0.25, -0.2) is 0 Å². The van der Waals surface area contributed by atoms with Gasteiger partial charge in [0.25, 0.3) is 0 Å². The predicted molar refractivity (Wildman–Crippen MR) is 96.3 cm³/mol. The van der Waals surface area contributed by atoms with E-state index in [1.807, 2.05) is 0 Å². The van der Waals surface area contributed by atoms with Crippen molar-refractivity contribution in [3.8, 4) is 0 Å². The number of hydrazine groups is 1. The third-order valence-electron chi connectivity index (χ3n) is 5.42. The predicted octanol–water partition coefficient (Wildman–Crippen LogP) is 5.90. The molecule has 0 unspecified atom stereocenters. The smallest absolute Gasteiger partial charge is 0.0508 e. The summed E-state index contributed by atoms with van der Waals surface area (Å²) in [6.07, 6.45) is 20.0. The molecule has 0 aromatic carbocycles. The van der Waals surface area contributed by atoms with E-state index in [0.29, 0.717) is 0 Å². The third-order valence-corrected chi connectivity index (χ3v) is 5.42. The van der Waals surface area contributed by atoms with Gasteiger partial charge < -0.3 is 5.43 Å². The Labute approximate surface area is 137 Å². The van der Waals surface area contributed by atoms with Gasteiger partial charge in [-0.1, -0.05) is 44.6 Å². The van der Waals surface area contributed by atoms with Crippen molar-refractivity contribution < 1.29 is 0 Å². The molecule has 2 aliphatic rings. The quantitative estimate of drug-likeness (QED) is 0.349. The maximum Gasteiger partial charge on any atom is 0.0508 e. The van der Waals surface area contributed by atoms with Crippen LogP contribution in [-0.4, -0.2) is 0 Å². The first-order valence-electron chi connectivity index (χ1n) is 9.76. The topological polar surface area (TPSA) is 38.0 Å². The molecule has 2 rings (SSSR count). The maximum atomic E-state index is 6.00. The van der Waals surface area contributed by atoms with Crippen molar-refractivity contribution in [1.29, 1.82) is 0 Å². The number of nitrogens with one attached hydrogen (secondary N) is 1. The molecule has 126 valence electrons. The average Bonchev–Trinajstić information content (AvgIpc) is 2.59. The second-order valence-corrected chi connectivity index (χ2v) is 7.14. The molecule has 0 bridgehead atoms. The summed E-state index contributed by atoms with van der Waals surface area (Å²) >= 11 is 0. The fraction of sp³-hybridized carbons (Fsp3) is 0.800. The molecule has 2 heteroatoms. The van der Waals surface area contributed by atoms with E-state index in [4.69, 9.17) is 5.84 Å². The molecule has 2 fully saturated rings. The molecule has 0 aromatic heterocycles. The van der Waals surface area contributed by atoms with E-state index < -0.39 is 0 Å². The molecular formula is C20H36N2. The number of hydrogen-bond acceptors (Lipinski definition) is 2. The van der Waals surface area contributed by atoms with Gasteiger partial charge in [0.2, 0.25) is 0 Å². The molecule has 0 radical (unpaired) electrons. The normalized spacial score (nSPS) is 19.2. The molecule has 2 nitrogen and oxygen atoms in total. The summed E-state index contributed by atoms with van der Waals surface area (Å²) in [7, 11) is 0. The number of unbranched alkanes of at least 4 members (excludes halogenated alkanes) is 3. The molecule has 0 heterocycles. The maximum absolute atomic E-state index is 6.00. The number of rotatable bonds is 7. The van der Waals surface area contributed by atoms with Crippen molar-refractivity contribution in [3.63, 3.8) is 0 Å². The minimum absolute atomic E-state index is 1.23. The Balaban J connectivity index is 2.17. The zero-order valence-corrected chi connectivity index (χ0v) is 14.7. The average molecular weight is 305 g/mol. The lowest BCUT2D eigenvalue weighted by Crippen LogP contribution is -2.26. The summed E-state index contributed by atoms with van der Waals surface area (Å²) in [5.41, 5.74) is 9.40. The Morgan fingerprint density at radius 3 is 1.95 bits per heavy atom. The van der Waals surface area contributed by atoms with Crippen LogP contribution in [0.1, 0.15) is 103 Å². The first-order valence-corrected chi connectivity index (χ1v) is 9.76. The van der Waals surface area contributed by atoms with Crippen molar-refractivity contribution in [1.82, 2.24) is 5.43 Å². The zero-order valence-electron chi connectivity index (χ0n) is 14.7. The van der Waals surface area contributed by atoms with Gasteiger partial charge in [-0.3, -0.25) is 5.84 Å². The highest BCUT2D eigenvalue weighted by Crippen LogP contribution is 2.35. The molecular weight excluding hydrogens is 268 g/mol. The summed E-state index contributed by atoms with van der Waals surface area (Å²) in [5, 5.41) is 0. The summed E-state index contributed by atoms with van der Waals surface area (Å²) in [6, 6.07) is 0. The Morgan fingerprint density at radius 2 is 1.41 bits per heavy atom. The van der Waals surface area contributed by atoms with Gasteiger partial charge in [0, 0.05) is 0 Å². The first kappa shape index (κ1) is 17.6. The highest BCUT2D eigenvalue weighted by molar-refractivity contribution is 5.38. The minimum atomic E-state index is 1.23. The second-order valence-electron chi connectivity index (χ2n) is 7.14. The van der Waals surface area contributed by atoms with Crippen LogP contribution in [0.5, 0.6) is 0 Å². The molecule has 0 spiro atoms. The molecule has 22 heavy (non-hydrogen) atoms. The van der Waals surface area contributed by atoms with Crippen molar-refractivity contribution in [3.05, 3.63) is 22.4 Å². The van der Waals surface area contributed by atoms with Crippen LogP contribution in [0.25, 0.3) is 0 Å². The summed E-state index contributed by atoms with van der Waals surface area (Å²) in [6.45, 7) is 2.29. The molecule has 0 aliphatic heterocycles. The lowest BCUT2D eigenvalue weighted by molar-refractivity contribution is 0.568. The van der Waals surface area contributed by atoms with Crippen LogP contribution in [-0.2, 0) is 0 Å². The van der Waals surface area contributed by atoms with E-state index in [1.165, 1.54) is 102 Å². The Bertz CT molecular complexity index is 377. The zero-order chi connectivity index (χ0) is 15.6. The SMILES string of the molecule is CCCCCCC(=C1CCCCC1)C(NN)=C1CCCCC1. The first-order chi connectivity index (χ1) is 10.9. The minimum Gasteiger partial charge on any atom is -0.324 e. The largest absolute Gasteiger partial charge is 0.324 e. The van der Waals surface area contributed by atoms with Gasteiger partial charge in [-0.05, 0) is 75.4 Å². The Morgan fingerprint density at radius 1 is 0.818 bits per heavy atom. The Kier molecular flexibility index (Phi) is 8.07. The molecule has 2 saturated carbocycles. The number of allylic oxidation sites excluding steroid dienone is 3. The van der Waals surface area contributed by atoms with Gasteiger partial charge >= 0.3 is 0 Å². The van der Waals surface area contributed by atoms with Gasteiger partial charge in [0.05, 0.1) is 5.70 Å². The van der Waals surface area contributed by atoms with E-state index in [2.05, 4.69) is 12.3 Å². The van der Waals surface area contributed by atoms with Gasteiger partial charge in [-0.2, -0.15) is 0 Å². The fourth-order valence-corrected chi connectivity index (χ4v) is 4.12. The van der Waals surface area contributed by atoms with Crippen molar-refractivity contribution in [2.24, 2.45) is 5.84 Å². The van der Waals surface area contributed by atoms with Gasteiger partial charge in [0.15, 0.2) is 0 Å². The van der Waals surface area contributed by atoms with Crippen LogP contribution in [0.15, 0.2) is 22.4 Å². The third kappa shape index (κ3) is 5.15. The van der Waals surface area contributed by atoms with E-state index >= 15 is 0 Å². The van der Waals surface area contributed by atoms with Crippen LogP contribution in [0.3, 0.4) is 0 Å². The number of nitrogens with two attached hydrogens (primary N) is 1. The van der Waals surface area contributed by atoms with Crippen molar-refractivity contribution in [2.75, 3.05) is 0 Å². The lowest BCUT2D eigenvalue weighted by atomic mass is 9.84. The summed E-state index contributed by atoms with van der Waals surface area (Å²) in [5.74, 6) is 6.00. The second kappa shape index (κ2) is 10.1. The molecule has 2 aliphatic carbocycles. The van der Waals surface area contributed by atoms with Crippen LogP contribution in [0.4, 0.5) is 0 Å². The van der Waals surface area contributed by atoms with Crippen molar-refractivity contribution >= 4 is 0 Å².